The van der Waals surface area contributed by atoms with E-state index in [2.05, 4.69) is 50.2 Å². The van der Waals surface area contributed by atoms with E-state index in [0.29, 0.717) is 12.1 Å². The van der Waals surface area contributed by atoms with Crippen LogP contribution in [0.4, 0.5) is 0 Å². The predicted molar refractivity (Wildman–Crippen MR) is 106 cm³/mol. The molecule has 3 aromatic rings. The maximum atomic E-state index is 8.45. The Morgan fingerprint density at radius 2 is 1.76 bits per heavy atom. The lowest BCUT2D eigenvalue weighted by molar-refractivity contribution is -0.659. The Hall–Kier alpha value is -2.15. The molecule has 25 heavy (non-hydrogen) atoms. The van der Waals surface area contributed by atoms with Gasteiger partial charge in [0.2, 0.25) is 5.69 Å². The first-order valence-electron chi connectivity index (χ1n) is 10.1. The molecule has 1 heteroatoms. The number of nitrogens with zero attached hydrogens (tertiary/aromatic N) is 1. The van der Waals surface area contributed by atoms with Crippen molar-refractivity contribution < 1.29 is 5.94 Å². The number of hydrogen-bond acceptors (Lipinski definition) is 0. The highest BCUT2D eigenvalue weighted by Gasteiger charge is 2.21. The summed E-state index contributed by atoms with van der Waals surface area (Å²) in [6.07, 6.45) is 7.27. The van der Waals surface area contributed by atoms with Crippen LogP contribution in [-0.4, -0.2) is 0 Å². The zero-order valence-electron chi connectivity index (χ0n) is 16.6. The minimum absolute atomic E-state index is 0.556. The Kier molecular flexibility index (Phi) is 4.01. The lowest BCUT2D eigenvalue weighted by Gasteiger charge is -2.22. The van der Waals surface area contributed by atoms with Crippen molar-refractivity contribution in [1.82, 2.24) is 0 Å². The first-order valence-corrected chi connectivity index (χ1v) is 9.55. The van der Waals surface area contributed by atoms with Crippen molar-refractivity contribution >= 4 is 10.8 Å². The van der Waals surface area contributed by atoms with Crippen LogP contribution >= 0.6 is 0 Å². The fourth-order valence-corrected chi connectivity index (χ4v) is 4.34. The number of hydrogen-bond donors (Lipinski definition) is 0. The maximum absolute atomic E-state index is 8.45. The molecular weight excluding hydrogens is 302 g/mol. The van der Waals surface area contributed by atoms with Crippen molar-refractivity contribution in [2.75, 3.05) is 0 Å². The SMILES string of the molecule is [2H]c1cc2cc(C)ccc2c(-c2cc(C3CCCCC3)ccc2C)[n+]1C. The largest absolute Gasteiger partial charge is 0.220 e. The lowest BCUT2D eigenvalue weighted by atomic mass is 9.82. The van der Waals surface area contributed by atoms with Gasteiger partial charge in [0.15, 0.2) is 6.17 Å². The molecule has 0 aliphatic heterocycles. The van der Waals surface area contributed by atoms with Crippen molar-refractivity contribution in [2.24, 2.45) is 7.05 Å². The van der Waals surface area contributed by atoms with Crippen molar-refractivity contribution in [2.45, 2.75) is 51.9 Å². The summed E-state index contributed by atoms with van der Waals surface area (Å²) in [5.41, 5.74) is 6.44. The normalized spacial score (nSPS) is 16.2. The molecule has 0 saturated heterocycles. The predicted octanol–water partition coefficient (Wildman–Crippen LogP) is 6.00. The van der Waals surface area contributed by atoms with Gasteiger partial charge in [-0.3, -0.25) is 0 Å². The van der Waals surface area contributed by atoms with E-state index in [1.54, 1.807) is 0 Å². The Morgan fingerprint density at radius 1 is 0.960 bits per heavy atom. The maximum Gasteiger partial charge on any atom is 0.220 e. The van der Waals surface area contributed by atoms with E-state index in [0.717, 1.165) is 5.39 Å². The number of aryl methyl sites for hydroxylation is 2. The van der Waals surface area contributed by atoms with Gasteiger partial charge in [0, 0.05) is 11.6 Å². The van der Waals surface area contributed by atoms with Crippen LogP contribution < -0.4 is 4.57 Å². The fourth-order valence-electron chi connectivity index (χ4n) is 4.34. The van der Waals surface area contributed by atoms with Crippen molar-refractivity contribution in [3.8, 4) is 11.3 Å². The van der Waals surface area contributed by atoms with Gasteiger partial charge < -0.3 is 0 Å². The molecule has 1 nitrogen and oxygen atoms in total. The van der Waals surface area contributed by atoms with Crippen LogP contribution in [0.15, 0.2) is 48.6 Å². The van der Waals surface area contributed by atoms with Gasteiger partial charge in [0.1, 0.15) is 8.42 Å². The molecule has 2 aromatic carbocycles. The third kappa shape index (κ3) is 3.08. The first-order chi connectivity index (χ1) is 12.5. The molecule has 128 valence electrons. The molecule has 1 aliphatic carbocycles. The van der Waals surface area contributed by atoms with Crippen LogP contribution in [0.25, 0.3) is 22.0 Å². The van der Waals surface area contributed by atoms with Gasteiger partial charge in [-0.15, -0.1) is 0 Å². The molecule has 1 heterocycles. The standard InChI is InChI=1S/C24H28N/c1-17-9-12-22-21(15-17)13-14-25(3)24(22)23-16-20(11-10-18(23)2)19-7-5-4-6-8-19/h9-16,19H,4-8H2,1-3H3/q+1/i14D. The molecule has 0 N–H and O–H groups in total. The molecule has 0 unspecified atom stereocenters. The summed E-state index contributed by atoms with van der Waals surface area (Å²) in [5.74, 6) is 0.695. The summed E-state index contributed by atoms with van der Waals surface area (Å²) in [6.45, 7) is 4.31. The van der Waals surface area contributed by atoms with Gasteiger partial charge in [-0.25, -0.2) is 4.57 Å². The second-order valence-corrected chi connectivity index (χ2v) is 7.68. The second kappa shape index (κ2) is 6.63. The highest BCUT2D eigenvalue weighted by atomic mass is 14.9. The van der Waals surface area contributed by atoms with E-state index in [4.69, 9.17) is 1.37 Å². The minimum atomic E-state index is 0.556. The van der Waals surface area contributed by atoms with E-state index in [1.165, 1.54) is 65.4 Å². The van der Waals surface area contributed by atoms with Gasteiger partial charge in [0.25, 0.3) is 0 Å². The highest BCUT2D eigenvalue weighted by molar-refractivity contribution is 5.94. The van der Waals surface area contributed by atoms with Crippen LogP contribution in [0.3, 0.4) is 0 Å². The Bertz CT molecular complexity index is 968. The smallest absolute Gasteiger partial charge is 0.200 e. The van der Waals surface area contributed by atoms with Gasteiger partial charge in [-0.05, 0) is 61.3 Å². The quantitative estimate of drug-likeness (QED) is 0.507. The molecule has 4 rings (SSSR count). The van der Waals surface area contributed by atoms with E-state index < -0.39 is 0 Å². The van der Waals surface area contributed by atoms with Gasteiger partial charge in [0.05, 0.1) is 5.39 Å². The first kappa shape index (κ1) is 15.1. The van der Waals surface area contributed by atoms with Crippen molar-refractivity contribution in [3.63, 3.8) is 0 Å². The molecule has 1 saturated carbocycles. The van der Waals surface area contributed by atoms with Gasteiger partial charge in [-0.2, -0.15) is 0 Å². The lowest BCUT2D eigenvalue weighted by Crippen LogP contribution is -2.30. The zero-order chi connectivity index (χ0) is 18.3. The van der Waals surface area contributed by atoms with Crippen LogP contribution in [-0.2, 0) is 7.05 Å². The van der Waals surface area contributed by atoms with Gasteiger partial charge in [-0.1, -0.05) is 49.1 Å². The van der Waals surface area contributed by atoms with E-state index in [-0.39, 0.29) is 0 Å². The minimum Gasteiger partial charge on any atom is -0.200 e. The molecule has 0 spiro atoms. The Balaban J connectivity index is 1.93. The summed E-state index contributed by atoms with van der Waals surface area (Å²) in [7, 11) is 2.02. The fraction of sp³-hybridized carbons (Fsp3) is 0.375. The number of rotatable bonds is 2. The molecule has 0 bridgehead atoms. The van der Waals surface area contributed by atoms with E-state index in [1.807, 2.05) is 17.7 Å². The topological polar surface area (TPSA) is 3.88 Å². The molecular formula is C24H28N+. The summed E-state index contributed by atoms with van der Waals surface area (Å²) >= 11 is 0. The number of benzene rings is 2. The van der Waals surface area contributed by atoms with E-state index in [9.17, 15) is 0 Å². The molecule has 1 aliphatic rings. The van der Waals surface area contributed by atoms with E-state index >= 15 is 0 Å². The Labute approximate surface area is 152 Å². The molecule has 0 atom stereocenters. The number of aromatic nitrogens is 1. The summed E-state index contributed by atoms with van der Waals surface area (Å²) < 4.78 is 10.5. The monoisotopic (exact) mass is 331 g/mol. The van der Waals surface area contributed by atoms with Crippen LogP contribution in [0.5, 0.6) is 0 Å². The molecule has 0 amide bonds. The summed E-state index contributed by atoms with van der Waals surface area (Å²) in [5, 5.41) is 2.39. The second-order valence-electron chi connectivity index (χ2n) is 7.68. The van der Waals surface area contributed by atoms with Crippen LogP contribution in [0.1, 0.15) is 56.1 Å². The molecule has 1 aromatic heterocycles. The van der Waals surface area contributed by atoms with Crippen molar-refractivity contribution in [3.05, 3.63) is 65.3 Å². The third-order valence-corrected chi connectivity index (χ3v) is 5.80. The Morgan fingerprint density at radius 3 is 2.56 bits per heavy atom. The average Bonchev–Trinajstić information content (AvgIpc) is 2.64. The average molecular weight is 332 g/mol. The number of pyridine rings is 1. The highest BCUT2D eigenvalue weighted by Crippen LogP contribution is 2.36. The molecule has 1 fully saturated rings. The third-order valence-electron chi connectivity index (χ3n) is 5.80. The number of fused-ring (bicyclic) bond motifs is 1. The summed E-state index contributed by atoms with van der Waals surface area (Å²) in [6, 6.07) is 15.6. The van der Waals surface area contributed by atoms with Crippen LogP contribution in [0.2, 0.25) is 0 Å². The zero-order valence-corrected chi connectivity index (χ0v) is 15.6. The van der Waals surface area contributed by atoms with Crippen LogP contribution in [0, 0.1) is 13.8 Å². The molecule has 0 radical (unpaired) electrons. The van der Waals surface area contributed by atoms with Gasteiger partial charge >= 0.3 is 0 Å². The van der Waals surface area contributed by atoms with Crippen molar-refractivity contribution in [1.29, 1.82) is 0 Å². The summed E-state index contributed by atoms with van der Waals surface area (Å²) in [4.78, 5) is 0.